The van der Waals surface area contributed by atoms with Gasteiger partial charge in [-0.2, -0.15) is 0 Å². The first kappa shape index (κ1) is 23.1. The van der Waals surface area contributed by atoms with Crippen LogP contribution in [0.5, 0.6) is 5.75 Å². The van der Waals surface area contributed by atoms with Crippen LogP contribution in [0.25, 0.3) is 0 Å². The molecule has 1 fully saturated rings. The normalized spacial score (nSPS) is 20.5. The van der Waals surface area contributed by atoms with E-state index in [0.29, 0.717) is 13.2 Å². The van der Waals surface area contributed by atoms with Gasteiger partial charge in [0.2, 0.25) is 5.91 Å². The first-order valence-corrected chi connectivity index (χ1v) is 11.5. The average molecular weight is 452 g/mol. The number of benzene rings is 2. The number of rotatable bonds is 6. The standard InChI is InChI=1S/C26H33N3O4/c1-16-5-9-21(13-24(16)33-4)29-23-12-8-19(15-32-3)17(2)22(23)14-28(26(29)31)20-10-6-18(7-11-20)25(27)30/h5,8-9,12-13,18,20H,6-7,10-11,14-15H2,1-4H3,(H2,27,30). The molecule has 1 saturated carbocycles. The summed E-state index contributed by atoms with van der Waals surface area (Å²) in [5.74, 6) is 0.409. The first-order chi connectivity index (χ1) is 15.8. The van der Waals surface area contributed by atoms with Crippen LogP contribution in [0.2, 0.25) is 0 Å². The first-order valence-electron chi connectivity index (χ1n) is 11.5. The maximum absolute atomic E-state index is 13.9. The van der Waals surface area contributed by atoms with Gasteiger partial charge in [-0.15, -0.1) is 0 Å². The molecular weight excluding hydrogens is 418 g/mol. The number of amides is 3. The lowest BCUT2D eigenvalue weighted by Crippen LogP contribution is -2.51. The van der Waals surface area contributed by atoms with Crippen LogP contribution in [0.4, 0.5) is 16.2 Å². The van der Waals surface area contributed by atoms with Gasteiger partial charge in [-0.05, 0) is 73.9 Å². The molecule has 2 aromatic carbocycles. The van der Waals surface area contributed by atoms with Crippen molar-refractivity contribution in [2.24, 2.45) is 11.7 Å². The van der Waals surface area contributed by atoms with Gasteiger partial charge in [0.05, 0.1) is 31.6 Å². The molecule has 0 bridgehead atoms. The minimum atomic E-state index is -0.239. The third-order valence-electron chi connectivity index (χ3n) is 7.18. The van der Waals surface area contributed by atoms with Gasteiger partial charge >= 0.3 is 6.03 Å². The van der Waals surface area contributed by atoms with Crippen molar-refractivity contribution in [2.45, 2.75) is 58.7 Å². The number of nitrogens with two attached hydrogens (primary N) is 1. The highest BCUT2D eigenvalue weighted by Gasteiger charge is 2.38. The molecule has 4 rings (SSSR count). The van der Waals surface area contributed by atoms with Crippen molar-refractivity contribution in [1.82, 2.24) is 4.90 Å². The van der Waals surface area contributed by atoms with Crippen LogP contribution in [0.15, 0.2) is 30.3 Å². The van der Waals surface area contributed by atoms with E-state index < -0.39 is 0 Å². The summed E-state index contributed by atoms with van der Waals surface area (Å²) in [5, 5.41) is 0. The monoisotopic (exact) mass is 451 g/mol. The van der Waals surface area contributed by atoms with Crippen LogP contribution in [-0.4, -0.2) is 37.1 Å². The Morgan fingerprint density at radius 3 is 2.45 bits per heavy atom. The zero-order valence-electron chi connectivity index (χ0n) is 19.9. The van der Waals surface area contributed by atoms with E-state index in [1.54, 1.807) is 19.1 Å². The van der Waals surface area contributed by atoms with E-state index >= 15 is 0 Å². The lowest BCUT2D eigenvalue weighted by atomic mass is 9.84. The lowest BCUT2D eigenvalue weighted by molar-refractivity contribution is -0.123. The van der Waals surface area contributed by atoms with Crippen molar-refractivity contribution in [2.75, 3.05) is 19.1 Å². The molecule has 33 heavy (non-hydrogen) atoms. The van der Waals surface area contributed by atoms with Gasteiger partial charge in [-0.25, -0.2) is 4.79 Å². The number of anilines is 2. The zero-order chi connectivity index (χ0) is 23.7. The Morgan fingerprint density at radius 1 is 1.09 bits per heavy atom. The molecule has 176 valence electrons. The van der Waals surface area contributed by atoms with E-state index in [1.807, 2.05) is 42.2 Å². The van der Waals surface area contributed by atoms with E-state index in [-0.39, 0.29) is 23.9 Å². The summed E-state index contributed by atoms with van der Waals surface area (Å²) in [7, 11) is 3.33. The molecule has 2 N–H and O–H groups in total. The molecule has 1 heterocycles. The predicted molar refractivity (Wildman–Crippen MR) is 128 cm³/mol. The summed E-state index contributed by atoms with van der Waals surface area (Å²) in [6.45, 7) is 5.15. The number of carbonyl (C=O) groups excluding carboxylic acids is 2. The molecule has 7 nitrogen and oxygen atoms in total. The van der Waals surface area contributed by atoms with Crippen molar-refractivity contribution < 1.29 is 19.1 Å². The SMILES string of the molecule is COCc1ccc2c(c1C)CN(C1CCC(C(N)=O)CC1)C(=O)N2c1ccc(C)c(OC)c1. The predicted octanol–water partition coefficient (Wildman–Crippen LogP) is 4.58. The molecule has 1 aliphatic carbocycles. The maximum Gasteiger partial charge on any atom is 0.329 e. The minimum Gasteiger partial charge on any atom is -0.496 e. The summed E-state index contributed by atoms with van der Waals surface area (Å²) in [4.78, 5) is 29.3. The number of hydrogen-bond acceptors (Lipinski definition) is 4. The third kappa shape index (κ3) is 4.29. The number of carbonyl (C=O) groups is 2. The number of fused-ring (bicyclic) bond motifs is 1. The second kappa shape index (κ2) is 9.43. The summed E-state index contributed by atoms with van der Waals surface area (Å²) in [6, 6.07) is 9.94. The van der Waals surface area contributed by atoms with E-state index in [1.165, 1.54) is 0 Å². The topological polar surface area (TPSA) is 85.1 Å². The minimum absolute atomic E-state index is 0.0465. The number of urea groups is 1. The van der Waals surface area contributed by atoms with E-state index in [2.05, 4.69) is 6.92 Å². The summed E-state index contributed by atoms with van der Waals surface area (Å²) in [6.07, 6.45) is 2.99. The van der Waals surface area contributed by atoms with Crippen LogP contribution in [0.1, 0.15) is 47.9 Å². The lowest BCUT2D eigenvalue weighted by Gasteiger charge is -2.43. The molecule has 0 radical (unpaired) electrons. The number of methoxy groups -OCH3 is 2. The average Bonchev–Trinajstić information content (AvgIpc) is 2.81. The quantitative estimate of drug-likeness (QED) is 0.697. The molecule has 0 unspecified atom stereocenters. The van der Waals surface area contributed by atoms with E-state index in [9.17, 15) is 9.59 Å². The van der Waals surface area contributed by atoms with Crippen molar-refractivity contribution in [1.29, 1.82) is 0 Å². The van der Waals surface area contributed by atoms with E-state index in [4.69, 9.17) is 15.2 Å². The largest absolute Gasteiger partial charge is 0.496 e. The van der Waals surface area contributed by atoms with Gasteiger partial charge in [-0.1, -0.05) is 12.1 Å². The van der Waals surface area contributed by atoms with Gasteiger partial charge in [0.1, 0.15) is 5.75 Å². The Morgan fingerprint density at radius 2 is 1.82 bits per heavy atom. The fraction of sp³-hybridized carbons (Fsp3) is 0.462. The molecule has 2 aliphatic rings. The number of nitrogens with zero attached hydrogens (tertiary/aromatic N) is 2. The van der Waals surface area contributed by atoms with Gasteiger partial charge in [0.25, 0.3) is 0 Å². The Balaban J connectivity index is 1.76. The molecule has 1 aliphatic heterocycles. The van der Waals surface area contributed by atoms with Crippen LogP contribution < -0.4 is 15.4 Å². The molecule has 0 saturated heterocycles. The highest BCUT2D eigenvalue weighted by atomic mass is 16.5. The Labute approximate surface area is 195 Å². The summed E-state index contributed by atoms with van der Waals surface area (Å²) < 4.78 is 10.9. The van der Waals surface area contributed by atoms with Crippen molar-refractivity contribution in [3.8, 4) is 5.75 Å². The Hall–Kier alpha value is -3.06. The summed E-state index contributed by atoms with van der Waals surface area (Å²) >= 11 is 0. The second-order valence-electron chi connectivity index (χ2n) is 9.09. The zero-order valence-corrected chi connectivity index (χ0v) is 19.9. The van der Waals surface area contributed by atoms with Crippen LogP contribution in [0.3, 0.4) is 0 Å². The van der Waals surface area contributed by atoms with Crippen LogP contribution in [0, 0.1) is 19.8 Å². The van der Waals surface area contributed by atoms with Crippen LogP contribution >= 0.6 is 0 Å². The van der Waals surface area contributed by atoms with Crippen molar-refractivity contribution in [3.05, 3.63) is 52.6 Å². The maximum atomic E-state index is 13.9. The Kier molecular flexibility index (Phi) is 6.61. The van der Waals surface area contributed by atoms with Crippen LogP contribution in [-0.2, 0) is 22.7 Å². The van der Waals surface area contributed by atoms with E-state index in [0.717, 1.165) is 65.1 Å². The molecular formula is C26H33N3O4. The number of ether oxygens (including phenoxy) is 2. The Bertz CT molecular complexity index is 1060. The molecule has 0 aromatic heterocycles. The van der Waals surface area contributed by atoms with Gasteiger partial charge < -0.3 is 20.1 Å². The molecule has 3 amide bonds. The molecule has 0 atom stereocenters. The summed E-state index contributed by atoms with van der Waals surface area (Å²) in [5.41, 5.74) is 11.6. The van der Waals surface area contributed by atoms with Gasteiger partial charge in [0.15, 0.2) is 0 Å². The smallest absolute Gasteiger partial charge is 0.329 e. The molecule has 0 spiro atoms. The fourth-order valence-corrected chi connectivity index (χ4v) is 5.14. The fourth-order valence-electron chi connectivity index (χ4n) is 5.14. The molecule has 2 aromatic rings. The number of hydrogen-bond donors (Lipinski definition) is 1. The number of aryl methyl sites for hydroxylation is 1. The third-order valence-corrected chi connectivity index (χ3v) is 7.18. The van der Waals surface area contributed by atoms with Crippen molar-refractivity contribution >= 4 is 23.3 Å². The number of primary amides is 1. The molecule has 7 heteroatoms. The highest BCUT2D eigenvalue weighted by molar-refractivity contribution is 6.02. The van der Waals surface area contributed by atoms with Gasteiger partial charge in [0, 0.05) is 25.1 Å². The van der Waals surface area contributed by atoms with Gasteiger partial charge in [-0.3, -0.25) is 9.69 Å². The second-order valence-corrected chi connectivity index (χ2v) is 9.09. The van der Waals surface area contributed by atoms with Crippen molar-refractivity contribution in [3.63, 3.8) is 0 Å². The highest BCUT2D eigenvalue weighted by Crippen LogP contribution is 2.41.